The van der Waals surface area contributed by atoms with Gasteiger partial charge in [-0.3, -0.25) is 0 Å². The molecule has 0 aromatic carbocycles. The van der Waals surface area contributed by atoms with Gasteiger partial charge in [-0.15, -0.1) is 11.6 Å². The number of ether oxygens (including phenoxy) is 1. The molecule has 0 aromatic rings. The highest BCUT2D eigenvalue weighted by molar-refractivity contribution is 6.17. The number of halogens is 1. The third kappa shape index (κ3) is 6.21. The van der Waals surface area contributed by atoms with Gasteiger partial charge in [0, 0.05) is 13.7 Å². The van der Waals surface area contributed by atoms with Crippen LogP contribution in [0, 0.1) is 0 Å². The van der Waals surface area contributed by atoms with Crippen LogP contribution in [0.3, 0.4) is 0 Å². The summed E-state index contributed by atoms with van der Waals surface area (Å²) in [6, 6.07) is 0.531. The third-order valence-electron chi connectivity index (χ3n) is 0.797. The first kappa shape index (κ1) is 8.21. The van der Waals surface area contributed by atoms with Crippen molar-refractivity contribution in [3.05, 3.63) is 0 Å². The van der Waals surface area contributed by atoms with Crippen molar-refractivity contribution in [2.45, 2.75) is 6.42 Å². The van der Waals surface area contributed by atoms with E-state index in [2.05, 4.69) is 5.32 Å². The number of rotatable bonds is 5. The molecule has 3 heteroatoms. The first-order valence-corrected chi connectivity index (χ1v) is 3.21. The maximum atomic E-state index is 5.33. The van der Waals surface area contributed by atoms with Gasteiger partial charge in [-0.25, -0.2) is 0 Å². The Bertz CT molecular complexity index is 37.4. The quantitative estimate of drug-likeness (QED) is 0.344. The largest absolute Gasteiger partial charge is 0.385 e. The predicted molar refractivity (Wildman–Crippen MR) is 35.2 cm³/mol. The normalized spacial score (nSPS) is 9.75. The van der Waals surface area contributed by atoms with Crippen molar-refractivity contribution in [2.75, 3.05) is 26.3 Å². The third-order valence-corrected chi connectivity index (χ3v) is 0.985. The first-order valence-electron chi connectivity index (χ1n) is 2.67. The van der Waals surface area contributed by atoms with Crippen LogP contribution < -0.4 is 5.32 Å². The van der Waals surface area contributed by atoms with E-state index >= 15 is 0 Å². The summed E-state index contributed by atoms with van der Waals surface area (Å²) < 4.78 is 4.81. The van der Waals surface area contributed by atoms with Crippen LogP contribution in [-0.4, -0.2) is 26.3 Å². The van der Waals surface area contributed by atoms with Crippen LogP contribution in [0.1, 0.15) is 6.42 Å². The summed E-state index contributed by atoms with van der Waals surface area (Å²) in [5.41, 5.74) is 0. The van der Waals surface area contributed by atoms with Gasteiger partial charge in [-0.05, 0) is 13.0 Å². The number of alkyl halides is 1. The molecule has 0 aliphatic heterocycles. The number of nitrogens with one attached hydrogen (secondary N) is 1. The standard InChI is InChI=1S/C5H12ClNO/c1-8-4-2-3-7-5-6/h7H,2-5H2,1H3. The second-order valence-electron chi connectivity index (χ2n) is 1.48. The molecule has 2 nitrogen and oxygen atoms in total. The van der Waals surface area contributed by atoms with E-state index in [9.17, 15) is 0 Å². The van der Waals surface area contributed by atoms with Crippen molar-refractivity contribution in [3.63, 3.8) is 0 Å². The zero-order chi connectivity index (χ0) is 6.24. The Labute approximate surface area is 55.2 Å². The maximum Gasteiger partial charge on any atom is 0.0713 e. The monoisotopic (exact) mass is 137 g/mol. The molecule has 1 N–H and O–H groups in total. The fourth-order valence-electron chi connectivity index (χ4n) is 0.408. The topological polar surface area (TPSA) is 21.3 Å². The molecule has 8 heavy (non-hydrogen) atoms. The zero-order valence-electron chi connectivity index (χ0n) is 5.11. The minimum atomic E-state index is 0.531. The number of hydrogen-bond donors (Lipinski definition) is 1. The summed E-state index contributed by atoms with van der Waals surface area (Å²) in [4.78, 5) is 0. The van der Waals surface area contributed by atoms with E-state index in [1.807, 2.05) is 0 Å². The summed E-state index contributed by atoms with van der Waals surface area (Å²) in [7, 11) is 1.70. The Morgan fingerprint density at radius 2 is 2.38 bits per heavy atom. The number of methoxy groups -OCH3 is 1. The minimum Gasteiger partial charge on any atom is -0.385 e. The second kappa shape index (κ2) is 7.21. The summed E-state index contributed by atoms with van der Waals surface area (Å²) >= 11 is 5.33. The Kier molecular flexibility index (Phi) is 7.40. The molecule has 0 aliphatic carbocycles. The summed E-state index contributed by atoms with van der Waals surface area (Å²) in [5, 5.41) is 2.97. The van der Waals surface area contributed by atoms with Gasteiger partial charge in [0.1, 0.15) is 0 Å². The average molecular weight is 138 g/mol. The fourth-order valence-corrected chi connectivity index (χ4v) is 0.542. The summed E-state index contributed by atoms with van der Waals surface area (Å²) in [5.74, 6) is 0. The lowest BCUT2D eigenvalue weighted by atomic mass is 10.5. The van der Waals surface area contributed by atoms with E-state index in [-0.39, 0.29) is 0 Å². The van der Waals surface area contributed by atoms with E-state index < -0.39 is 0 Å². The van der Waals surface area contributed by atoms with Crippen LogP contribution in [0.2, 0.25) is 0 Å². The van der Waals surface area contributed by atoms with E-state index in [0.717, 1.165) is 19.6 Å². The van der Waals surface area contributed by atoms with Crippen molar-refractivity contribution in [1.29, 1.82) is 0 Å². The maximum absolute atomic E-state index is 5.33. The first-order chi connectivity index (χ1) is 3.91. The van der Waals surface area contributed by atoms with Crippen molar-refractivity contribution in [3.8, 4) is 0 Å². The highest BCUT2D eigenvalue weighted by atomic mass is 35.5. The Hall–Kier alpha value is 0.210. The van der Waals surface area contributed by atoms with Gasteiger partial charge in [0.2, 0.25) is 0 Å². The molecule has 0 atom stereocenters. The van der Waals surface area contributed by atoms with Gasteiger partial charge in [-0.2, -0.15) is 0 Å². The van der Waals surface area contributed by atoms with Crippen molar-refractivity contribution in [1.82, 2.24) is 5.32 Å². The second-order valence-corrected chi connectivity index (χ2v) is 1.75. The lowest BCUT2D eigenvalue weighted by Crippen LogP contribution is -2.13. The molecule has 0 saturated carbocycles. The van der Waals surface area contributed by atoms with Crippen LogP contribution in [0.5, 0.6) is 0 Å². The molecule has 0 aliphatic rings. The van der Waals surface area contributed by atoms with Crippen LogP contribution in [0.25, 0.3) is 0 Å². The van der Waals surface area contributed by atoms with Crippen LogP contribution in [0.15, 0.2) is 0 Å². The van der Waals surface area contributed by atoms with Gasteiger partial charge in [0.15, 0.2) is 0 Å². The number of hydrogen-bond acceptors (Lipinski definition) is 2. The van der Waals surface area contributed by atoms with Gasteiger partial charge < -0.3 is 10.1 Å². The van der Waals surface area contributed by atoms with Crippen LogP contribution >= 0.6 is 11.6 Å². The summed E-state index contributed by atoms with van der Waals surface area (Å²) in [6.45, 7) is 1.75. The molecule has 0 fully saturated rings. The fraction of sp³-hybridized carbons (Fsp3) is 1.00. The molecule has 0 rings (SSSR count). The molecule has 0 amide bonds. The van der Waals surface area contributed by atoms with E-state index in [1.165, 1.54) is 0 Å². The van der Waals surface area contributed by atoms with Gasteiger partial charge in [0.25, 0.3) is 0 Å². The van der Waals surface area contributed by atoms with Crippen LogP contribution in [-0.2, 0) is 4.74 Å². The molecule has 0 bridgehead atoms. The van der Waals surface area contributed by atoms with Gasteiger partial charge in [0.05, 0.1) is 6.00 Å². The molecule has 0 saturated heterocycles. The summed E-state index contributed by atoms with van der Waals surface area (Å²) in [6.07, 6.45) is 1.03. The van der Waals surface area contributed by atoms with E-state index in [0.29, 0.717) is 6.00 Å². The van der Waals surface area contributed by atoms with Crippen LogP contribution in [0.4, 0.5) is 0 Å². The average Bonchev–Trinajstić information content (AvgIpc) is 1.81. The molecule has 0 heterocycles. The van der Waals surface area contributed by atoms with Crippen molar-refractivity contribution in [2.24, 2.45) is 0 Å². The molecule has 0 radical (unpaired) electrons. The Balaban J connectivity index is 2.53. The molecule has 0 unspecified atom stereocenters. The molecule has 50 valence electrons. The van der Waals surface area contributed by atoms with Gasteiger partial charge in [-0.1, -0.05) is 0 Å². The lowest BCUT2D eigenvalue weighted by molar-refractivity contribution is 0.195. The van der Waals surface area contributed by atoms with Gasteiger partial charge >= 0.3 is 0 Å². The zero-order valence-corrected chi connectivity index (χ0v) is 5.87. The van der Waals surface area contributed by atoms with Crippen molar-refractivity contribution < 1.29 is 4.74 Å². The highest BCUT2D eigenvalue weighted by Crippen LogP contribution is 1.76. The minimum absolute atomic E-state index is 0.531. The molecule has 0 aromatic heterocycles. The Morgan fingerprint density at radius 3 is 2.88 bits per heavy atom. The highest BCUT2D eigenvalue weighted by Gasteiger charge is 1.82. The lowest BCUT2D eigenvalue weighted by Gasteiger charge is -1.97. The van der Waals surface area contributed by atoms with Crippen molar-refractivity contribution >= 4 is 11.6 Å². The van der Waals surface area contributed by atoms with E-state index in [4.69, 9.17) is 16.3 Å². The SMILES string of the molecule is COCCCNCCl. The smallest absolute Gasteiger partial charge is 0.0713 e. The molecule has 0 spiro atoms. The van der Waals surface area contributed by atoms with E-state index in [1.54, 1.807) is 7.11 Å². The molecular formula is C5H12ClNO. The Morgan fingerprint density at radius 1 is 1.62 bits per heavy atom. The molecular weight excluding hydrogens is 126 g/mol. The predicted octanol–water partition coefficient (Wildman–Crippen LogP) is 0.809.